The summed E-state index contributed by atoms with van der Waals surface area (Å²) in [6.45, 7) is 0. The number of benzene rings is 2. The van der Waals surface area contributed by atoms with Crippen molar-refractivity contribution in [2.24, 2.45) is 5.73 Å². The SMILES string of the molecule is N#Cc1ccc(-c2nc3ccc(C(N)=O)cc3[nH]2)cc1. The Morgan fingerprint density at radius 2 is 1.95 bits per heavy atom. The number of hydrogen-bond donors (Lipinski definition) is 2. The Labute approximate surface area is 114 Å². The fourth-order valence-corrected chi connectivity index (χ4v) is 2.00. The van der Waals surface area contributed by atoms with Crippen molar-refractivity contribution in [2.75, 3.05) is 0 Å². The summed E-state index contributed by atoms with van der Waals surface area (Å²) in [5.41, 5.74) is 8.67. The maximum absolute atomic E-state index is 11.1. The number of carbonyl (C=O) groups is 1. The molecule has 0 unspecified atom stereocenters. The van der Waals surface area contributed by atoms with Gasteiger partial charge in [0.2, 0.25) is 5.91 Å². The van der Waals surface area contributed by atoms with Gasteiger partial charge in [-0.05, 0) is 42.5 Å². The Balaban J connectivity index is 2.08. The molecule has 0 spiro atoms. The van der Waals surface area contributed by atoms with Gasteiger partial charge in [0.05, 0.1) is 22.7 Å². The monoisotopic (exact) mass is 262 g/mol. The number of hydrogen-bond acceptors (Lipinski definition) is 3. The number of amides is 1. The number of nitriles is 1. The molecule has 1 amide bonds. The molecule has 20 heavy (non-hydrogen) atoms. The van der Waals surface area contributed by atoms with E-state index in [1.807, 2.05) is 12.1 Å². The molecule has 0 saturated heterocycles. The van der Waals surface area contributed by atoms with Crippen LogP contribution in [0.1, 0.15) is 15.9 Å². The van der Waals surface area contributed by atoms with Gasteiger partial charge < -0.3 is 10.7 Å². The Morgan fingerprint density at radius 3 is 2.60 bits per heavy atom. The van der Waals surface area contributed by atoms with E-state index in [0.717, 1.165) is 16.6 Å². The highest BCUT2D eigenvalue weighted by molar-refractivity contribution is 5.96. The van der Waals surface area contributed by atoms with E-state index in [4.69, 9.17) is 11.0 Å². The molecule has 3 aromatic rings. The van der Waals surface area contributed by atoms with E-state index in [9.17, 15) is 4.79 Å². The topological polar surface area (TPSA) is 95.6 Å². The Hall–Kier alpha value is -3.13. The van der Waals surface area contributed by atoms with Crippen molar-refractivity contribution in [3.63, 3.8) is 0 Å². The number of H-pyrrole nitrogens is 1. The zero-order valence-corrected chi connectivity index (χ0v) is 10.4. The average molecular weight is 262 g/mol. The number of fused-ring (bicyclic) bond motifs is 1. The molecule has 5 heteroatoms. The molecular formula is C15H10N4O. The third kappa shape index (κ3) is 1.99. The molecule has 3 N–H and O–H groups in total. The van der Waals surface area contributed by atoms with E-state index < -0.39 is 5.91 Å². The van der Waals surface area contributed by atoms with Crippen LogP contribution in [0.5, 0.6) is 0 Å². The molecule has 0 aliphatic rings. The highest BCUT2D eigenvalue weighted by Crippen LogP contribution is 2.21. The van der Waals surface area contributed by atoms with E-state index >= 15 is 0 Å². The van der Waals surface area contributed by atoms with Crippen molar-refractivity contribution in [3.8, 4) is 17.5 Å². The number of rotatable bonds is 2. The minimum absolute atomic E-state index is 0.438. The van der Waals surface area contributed by atoms with Crippen LogP contribution < -0.4 is 5.73 Å². The van der Waals surface area contributed by atoms with Crippen LogP contribution in [0.25, 0.3) is 22.4 Å². The van der Waals surface area contributed by atoms with Crippen molar-refractivity contribution in [1.29, 1.82) is 5.26 Å². The van der Waals surface area contributed by atoms with Crippen LogP contribution in [-0.2, 0) is 0 Å². The largest absolute Gasteiger partial charge is 0.366 e. The van der Waals surface area contributed by atoms with Gasteiger partial charge in [0.15, 0.2) is 0 Å². The normalized spacial score (nSPS) is 10.3. The smallest absolute Gasteiger partial charge is 0.248 e. The molecule has 5 nitrogen and oxygen atoms in total. The molecule has 1 aromatic heterocycles. The summed E-state index contributed by atoms with van der Waals surface area (Å²) in [6, 6.07) is 14.3. The van der Waals surface area contributed by atoms with Crippen molar-refractivity contribution >= 4 is 16.9 Å². The second-order valence-corrected chi connectivity index (χ2v) is 4.37. The van der Waals surface area contributed by atoms with Crippen LogP contribution in [0, 0.1) is 11.3 Å². The quantitative estimate of drug-likeness (QED) is 0.741. The van der Waals surface area contributed by atoms with Crippen LogP contribution in [0.2, 0.25) is 0 Å². The van der Waals surface area contributed by atoms with Gasteiger partial charge >= 0.3 is 0 Å². The van der Waals surface area contributed by atoms with Crippen molar-refractivity contribution in [2.45, 2.75) is 0 Å². The Bertz CT molecular complexity index is 840. The third-order valence-corrected chi connectivity index (χ3v) is 3.05. The summed E-state index contributed by atoms with van der Waals surface area (Å²) in [4.78, 5) is 18.7. The molecule has 1 heterocycles. The van der Waals surface area contributed by atoms with E-state index in [2.05, 4.69) is 16.0 Å². The first-order chi connectivity index (χ1) is 9.67. The standard InChI is InChI=1S/C15H10N4O/c16-8-9-1-3-10(4-2-9)15-18-12-6-5-11(14(17)20)7-13(12)19-15/h1-7H,(H2,17,20)(H,18,19). The maximum Gasteiger partial charge on any atom is 0.248 e. The van der Waals surface area contributed by atoms with Crippen LogP contribution in [0.3, 0.4) is 0 Å². The summed E-state index contributed by atoms with van der Waals surface area (Å²) in [7, 11) is 0. The highest BCUT2D eigenvalue weighted by atomic mass is 16.1. The molecule has 0 radical (unpaired) electrons. The van der Waals surface area contributed by atoms with Crippen LogP contribution in [0.4, 0.5) is 0 Å². The molecule has 2 aromatic carbocycles. The number of nitrogens with zero attached hydrogens (tertiary/aromatic N) is 2. The van der Waals surface area contributed by atoms with E-state index in [0.29, 0.717) is 17.0 Å². The molecule has 0 atom stereocenters. The zero-order chi connectivity index (χ0) is 14.1. The molecule has 0 aliphatic carbocycles. The van der Waals surface area contributed by atoms with Gasteiger partial charge in [-0.3, -0.25) is 4.79 Å². The molecule has 3 rings (SSSR count). The zero-order valence-electron chi connectivity index (χ0n) is 10.4. The molecule has 0 fully saturated rings. The molecule has 0 bridgehead atoms. The van der Waals surface area contributed by atoms with Gasteiger partial charge in [-0.25, -0.2) is 4.98 Å². The molecule has 0 aliphatic heterocycles. The van der Waals surface area contributed by atoms with Gasteiger partial charge in [-0.2, -0.15) is 5.26 Å². The number of nitrogens with one attached hydrogen (secondary N) is 1. The van der Waals surface area contributed by atoms with Gasteiger partial charge in [-0.15, -0.1) is 0 Å². The highest BCUT2D eigenvalue weighted by Gasteiger charge is 2.08. The third-order valence-electron chi connectivity index (χ3n) is 3.05. The number of aromatic nitrogens is 2. The Kier molecular flexibility index (Phi) is 2.70. The molecule has 0 saturated carbocycles. The maximum atomic E-state index is 11.1. The lowest BCUT2D eigenvalue weighted by atomic mass is 10.1. The first kappa shape index (κ1) is 11.9. The van der Waals surface area contributed by atoms with Gasteiger partial charge in [-0.1, -0.05) is 0 Å². The fraction of sp³-hybridized carbons (Fsp3) is 0. The predicted octanol–water partition coefficient (Wildman–Crippen LogP) is 2.20. The van der Waals surface area contributed by atoms with E-state index in [1.165, 1.54) is 0 Å². The minimum Gasteiger partial charge on any atom is -0.366 e. The lowest BCUT2D eigenvalue weighted by Crippen LogP contribution is -2.10. The lowest BCUT2D eigenvalue weighted by molar-refractivity contribution is 0.100. The van der Waals surface area contributed by atoms with Gasteiger partial charge in [0.1, 0.15) is 5.82 Å². The number of primary amides is 1. The second-order valence-electron chi connectivity index (χ2n) is 4.37. The predicted molar refractivity (Wildman–Crippen MR) is 74.8 cm³/mol. The van der Waals surface area contributed by atoms with E-state index in [1.54, 1.807) is 30.3 Å². The second kappa shape index (κ2) is 4.52. The van der Waals surface area contributed by atoms with Crippen molar-refractivity contribution in [1.82, 2.24) is 9.97 Å². The summed E-state index contributed by atoms with van der Waals surface area (Å²) < 4.78 is 0. The van der Waals surface area contributed by atoms with E-state index in [-0.39, 0.29) is 0 Å². The summed E-state index contributed by atoms with van der Waals surface area (Å²) in [6.07, 6.45) is 0. The summed E-state index contributed by atoms with van der Waals surface area (Å²) in [5.74, 6) is 0.215. The van der Waals surface area contributed by atoms with Crippen LogP contribution in [0.15, 0.2) is 42.5 Å². The summed E-state index contributed by atoms with van der Waals surface area (Å²) in [5, 5.41) is 8.78. The number of carbonyl (C=O) groups excluding carboxylic acids is 1. The number of aromatic amines is 1. The molecule has 96 valence electrons. The number of nitrogens with two attached hydrogens (primary N) is 1. The van der Waals surface area contributed by atoms with Gasteiger partial charge in [0, 0.05) is 11.1 Å². The fourth-order valence-electron chi connectivity index (χ4n) is 2.00. The molecular weight excluding hydrogens is 252 g/mol. The van der Waals surface area contributed by atoms with Crippen LogP contribution in [-0.4, -0.2) is 15.9 Å². The van der Waals surface area contributed by atoms with Gasteiger partial charge in [0.25, 0.3) is 0 Å². The lowest BCUT2D eigenvalue weighted by Gasteiger charge is -1.95. The average Bonchev–Trinajstić information content (AvgIpc) is 2.90. The Morgan fingerprint density at radius 1 is 1.20 bits per heavy atom. The number of imidazole rings is 1. The first-order valence-electron chi connectivity index (χ1n) is 5.97. The summed E-state index contributed by atoms with van der Waals surface area (Å²) >= 11 is 0. The van der Waals surface area contributed by atoms with Crippen molar-refractivity contribution < 1.29 is 4.79 Å². The van der Waals surface area contributed by atoms with Crippen LogP contribution >= 0.6 is 0 Å². The minimum atomic E-state index is -0.471. The van der Waals surface area contributed by atoms with Crippen molar-refractivity contribution in [3.05, 3.63) is 53.6 Å². The first-order valence-corrected chi connectivity index (χ1v) is 5.97.